The molecule has 0 amide bonds. The fourth-order valence-corrected chi connectivity index (χ4v) is 4.42. The molecule has 27 heavy (non-hydrogen) atoms. The summed E-state index contributed by atoms with van der Waals surface area (Å²) in [6.07, 6.45) is 0.0540. The van der Waals surface area contributed by atoms with E-state index in [9.17, 15) is 10.2 Å². The molecule has 3 nitrogen and oxygen atoms in total. The zero-order valence-corrected chi connectivity index (χ0v) is 16.7. The Labute approximate surface area is 167 Å². The van der Waals surface area contributed by atoms with Crippen molar-refractivity contribution in [3.63, 3.8) is 0 Å². The lowest BCUT2D eigenvalue weighted by molar-refractivity contribution is 0.103. The Balaban J connectivity index is 1.91. The molecule has 4 aromatic rings. The van der Waals surface area contributed by atoms with Crippen molar-refractivity contribution < 1.29 is 10.2 Å². The molecule has 0 fully saturated rings. The molecule has 2 N–H and O–H groups in total. The van der Waals surface area contributed by atoms with Gasteiger partial charge in [0.2, 0.25) is 0 Å². The summed E-state index contributed by atoms with van der Waals surface area (Å²) in [5.41, 5.74) is 4.28. The Hall–Kier alpha value is -2.14. The number of nitrogens with zero attached hydrogens (tertiary/aromatic N) is 1. The second kappa shape index (κ2) is 7.47. The summed E-state index contributed by atoms with van der Waals surface area (Å²) in [4.78, 5) is 0. The maximum atomic E-state index is 10.2. The second-order valence-electron chi connectivity index (χ2n) is 6.85. The minimum atomic E-state index is -0.555. The van der Waals surface area contributed by atoms with Crippen LogP contribution in [0.2, 0.25) is 0 Å². The third kappa shape index (κ3) is 3.08. The Kier molecular flexibility index (Phi) is 5.04. The van der Waals surface area contributed by atoms with E-state index in [0.717, 1.165) is 26.8 Å². The number of aliphatic hydroxyl groups is 2. The smallest absolute Gasteiger partial charge is 0.0628 e. The van der Waals surface area contributed by atoms with Gasteiger partial charge in [0, 0.05) is 21.2 Å². The van der Waals surface area contributed by atoms with Crippen molar-refractivity contribution in [3.05, 3.63) is 76.8 Å². The monoisotopic (exact) mass is 423 g/mol. The molecule has 3 aromatic carbocycles. The predicted octanol–water partition coefficient (Wildman–Crippen LogP) is 5.39. The molecule has 2 unspecified atom stereocenters. The van der Waals surface area contributed by atoms with Gasteiger partial charge < -0.3 is 14.8 Å². The quantitative estimate of drug-likeness (QED) is 0.451. The van der Waals surface area contributed by atoms with Gasteiger partial charge in [-0.1, -0.05) is 49.4 Å². The lowest BCUT2D eigenvalue weighted by Gasteiger charge is -2.21. The van der Waals surface area contributed by atoms with E-state index in [1.54, 1.807) is 0 Å². The molecule has 0 aliphatic heterocycles. The Morgan fingerprint density at radius 2 is 1.52 bits per heavy atom. The SMILES string of the molecule is CCC(O)C(CO)c1ccc(-n2c3ccccc3c3ccccc32)c(Br)c1. The highest BCUT2D eigenvalue weighted by atomic mass is 79.9. The molecule has 0 saturated heterocycles. The maximum absolute atomic E-state index is 10.2. The molecular weight excluding hydrogens is 402 g/mol. The number of hydrogen-bond donors (Lipinski definition) is 2. The van der Waals surface area contributed by atoms with Gasteiger partial charge in [0.25, 0.3) is 0 Å². The van der Waals surface area contributed by atoms with Crippen LogP contribution >= 0.6 is 15.9 Å². The largest absolute Gasteiger partial charge is 0.396 e. The van der Waals surface area contributed by atoms with Crippen molar-refractivity contribution in [1.82, 2.24) is 4.57 Å². The Bertz CT molecular complexity index is 1050. The summed E-state index contributed by atoms with van der Waals surface area (Å²) in [6, 6.07) is 22.9. The van der Waals surface area contributed by atoms with Crippen molar-refractivity contribution >= 4 is 37.7 Å². The minimum Gasteiger partial charge on any atom is -0.396 e. The Morgan fingerprint density at radius 1 is 0.926 bits per heavy atom. The first kappa shape index (κ1) is 18.2. The second-order valence-corrected chi connectivity index (χ2v) is 7.70. The summed E-state index contributed by atoms with van der Waals surface area (Å²) in [5.74, 6) is -0.279. The highest BCUT2D eigenvalue weighted by Gasteiger charge is 2.21. The van der Waals surface area contributed by atoms with Crippen LogP contribution < -0.4 is 0 Å². The topological polar surface area (TPSA) is 45.4 Å². The first-order valence-electron chi connectivity index (χ1n) is 9.22. The summed E-state index contributed by atoms with van der Waals surface area (Å²) >= 11 is 3.72. The van der Waals surface area contributed by atoms with E-state index in [2.05, 4.69) is 75.1 Å². The third-order valence-corrected chi connectivity index (χ3v) is 5.94. The van der Waals surface area contributed by atoms with E-state index in [1.165, 1.54) is 10.8 Å². The van der Waals surface area contributed by atoms with Crippen LogP contribution in [-0.2, 0) is 0 Å². The lowest BCUT2D eigenvalue weighted by atomic mass is 9.92. The lowest BCUT2D eigenvalue weighted by Crippen LogP contribution is -2.21. The number of fused-ring (bicyclic) bond motifs is 3. The Morgan fingerprint density at radius 3 is 2.04 bits per heavy atom. The normalized spacial score (nSPS) is 13.9. The van der Waals surface area contributed by atoms with Crippen molar-refractivity contribution in [1.29, 1.82) is 0 Å². The molecule has 0 spiro atoms. The molecule has 4 heteroatoms. The minimum absolute atomic E-state index is 0.0732. The number of rotatable bonds is 5. The molecule has 0 aliphatic rings. The molecular formula is C23H22BrNO2. The number of para-hydroxylation sites is 2. The van der Waals surface area contributed by atoms with Crippen LogP contribution in [-0.4, -0.2) is 27.5 Å². The first-order valence-corrected chi connectivity index (χ1v) is 10.0. The molecule has 2 atom stereocenters. The van der Waals surface area contributed by atoms with Gasteiger partial charge in [-0.3, -0.25) is 0 Å². The fourth-order valence-electron chi connectivity index (χ4n) is 3.85. The van der Waals surface area contributed by atoms with Crippen LogP contribution in [0, 0.1) is 0 Å². The molecule has 0 saturated carbocycles. The van der Waals surface area contributed by atoms with Crippen molar-refractivity contribution in [3.8, 4) is 5.69 Å². The summed E-state index contributed by atoms with van der Waals surface area (Å²) < 4.78 is 3.19. The van der Waals surface area contributed by atoms with E-state index >= 15 is 0 Å². The van der Waals surface area contributed by atoms with E-state index in [4.69, 9.17) is 0 Å². The van der Waals surface area contributed by atoms with Crippen LogP contribution in [0.25, 0.3) is 27.5 Å². The number of halogens is 1. The number of aromatic nitrogens is 1. The van der Waals surface area contributed by atoms with E-state index in [-0.39, 0.29) is 12.5 Å². The van der Waals surface area contributed by atoms with Crippen molar-refractivity contribution in [2.45, 2.75) is 25.4 Å². The van der Waals surface area contributed by atoms with E-state index < -0.39 is 6.10 Å². The van der Waals surface area contributed by atoms with Crippen molar-refractivity contribution in [2.24, 2.45) is 0 Å². The summed E-state index contributed by atoms with van der Waals surface area (Å²) in [6.45, 7) is 1.85. The summed E-state index contributed by atoms with van der Waals surface area (Å²) in [5, 5.41) is 22.4. The van der Waals surface area contributed by atoms with Gasteiger partial charge in [-0.25, -0.2) is 0 Å². The average molecular weight is 424 g/mol. The van der Waals surface area contributed by atoms with Gasteiger partial charge in [-0.15, -0.1) is 0 Å². The zero-order chi connectivity index (χ0) is 19.0. The van der Waals surface area contributed by atoms with Crippen LogP contribution in [0.1, 0.15) is 24.8 Å². The van der Waals surface area contributed by atoms with Gasteiger partial charge in [-0.2, -0.15) is 0 Å². The van der Waals surface area contributed by atoms with Crippen LogP contribution in [0.5, 0.6) is 0 Å². The maximum Gasteiger partial charge on any atom is 0.0628 e. The van der Waals surface area contributed by atoms with Gasteiger partial charge in [0.05, 0.1) is 29.4 Å². The zero-order valence-electron chi connectivity index (χ0n) is 15.1. The first-order chi connectivity index (χ1) is 13.2. The molecule has 0 bridgehead atoms. The van der Waals surface area contributed by atoms with Gasteiger partial charge in [0.15, 0.2) is 0 Å². The highest BCUT2D eigenvalue weighted by molar-refractivity contribution is 9.10. The number of aliphatic hydroxyl groups excluding tert-OH is 2. The predicted molar refractivity (Wildman–Crippen MR) is 115 cm³/mol. The van der Waals surface area contributed by atoms with Gasteiger partial charge >= 0.3 is 0 Å². The van der Waals surface area contributed by atoms with Crippen LogP contribution in [0.4, 0.5) is 0 Å². The molecule has 1 aromatic heterocycles. The van der Waals surface area contributed by atoms with Crippen molar-refractivity contribution in [2.75, 3.05) is 6.61 Å². The number of hydrogen-bond acceptors (Lipinski definition) is 2. The molecule has 1 heterocycles. The van der Waals surface area contributed by atoms with E-state index in [1.807, 2.05) is 19.1 Å². The molecule has 0 radical (unpaired) electrons. The summed E-state index contributed by atoms with van der Waals surface area (Å²) in [7, 11) is 0. The molecule has 0 aliphatic carbocycles. The van der Waals surface area contributed by atoms with Gasteiger partial charge in [0.1, 0.15) is 0 Å². The highest BCUT2D eigenvalue weighted by Crippen LogP contribution is 2.35. The standard InChI is InChI=1S/C23H22BrNO2/c1-2-23(27)18(14-26)15-11-12-22(19(24)13-15)25-20-9-5-3-7-16(20)17-8-4-6-10-21(17)25/h3-13,18,23,26-27H,2,14H2,1H3. The van der Waals surface area contributed by atoms with Crippen LogP contribution in [0.15, 0.2) is 71.2 Å². The average Bonchev–Trinajstić information content (AvgIpc) is 3.03. The van der Waals surface area contributed by atoms with E-state index in [0.29, 0.717) is 6.42 Å². The van der Waals surface area contributed by atoms with Gasteiger partial charge in [-0.05, 0) is 52.2 Å². The number of benzene rings is 3. The third-order valence-electron chi connectivity index (χ3n) is 5.30. The fraction of sp³-hybridized carbons (Fsp3) is 0.217. The van der Waals surface area contributed by atoms with Crippen LogP contribution in [0.3, 0.4) is 0 Å². The molecule has 138 valence electrons. The molecule has 4 rings (SSSR count).